The van der Waals surface area contributed by atoms with E-state index >= 15 is 0 Å². The molecule has 1 heterocycles. The zero-order chi connectivity index (χ0) is 13.8. The van der Waals surface area contributed by atoms with E-state index in [0.717, 1.165) is 0 Å². The fourth-order valence-electron chi connectivity index (χ4n) is 1.97. The molecule has 0 aliphatic carbocycles. The number of piperidine rings is 1. The lowest BCUT2D eigenvalue weighted by molar-refractivity contribution is -0.121. The lowest BCUT2D eigenvalue weighted by Gasteiger charge is -2.25. The van der Waals surface area contributed by atoms with Crippen LogP contribution in [-0.2, 0) is 4.79 Å². The molecule has 0 aromatic heterocycles. The van der Waals surface area contributed by atoms with Crippen LogP contribution in [0.15, 0.2) is 24.3 Å². The van der Waals surface area contributed by atoms with Crippen molar-refractivity contribution < 1.29 is 23.1 Å². The molecule has 0 N–H and O–H groups in total. The summed E-state index contributed by atoms with van der Waals surface area (Å²) in [5.41, 5.74) is 0.358. The van der Waals surface area contributed by atoms with Gasteiger partial charge in [-0.3, -0.25) is 9.59 Å². The molecular formula is C13H13F2NO3. The molecule has 0 radical (unpaired) electrons. The maximum Gasteiger partial charge on any atom is 0.387 e. The van der Waals surface area contributed by atoms with E-state index in [9.17, 15) is 18.4 Å². The summed E-state index contributed by atoms with van der Waals surface area (Å²) in [7, 11) is 0. The van der Waals surface area contributed by atoms with Crippen LogP contribution in [0.25, 0.3) is 0 Å². The number of nitrogens with zero attached hydrogens (tertiary/aromatic N) is 1. The monoisotopic (exact) mass is 269 g/mol. The van der Waals surface area contributed by atoms with Crippen LogP contribution in [0.4, 0.5) is 8.78 Å². The van der Waals surface area contributed by atoms with Gasteiger partial charge in [-0.15, -0.1) is 0 Å². The second kappa shape index (κ2) is 5.77. The SMILES string of the molecule is O=C1CCCN(C(=O)c2ccc(OC(F)F)cc2)C1. The molecule has 102 valence electrons. The highest BCUT2D eigenvalue weighted by Crippen LogP contribution is 2.17. The van der Waals surface area contributed by atoms with Crippen molar-refractivity contribution in [1.29, 1.82) is 0 Å². The number of hydrogen-bond acceptors (Lipinski definition) is 3. The average molecular weight is 269 g/mol. The van der Waals surface area contributed by atoms with Gasteiger partial charge < -0.3 is 9.64 Å². The summed E-state index contributed by atoms with van der Waals surface area (Å²) >= 11 is 0. The van der Waals surface area contributed by atoms with Crippen LogP contribution < -0.4 is 4.74 Å². The van der Waals surface area contributed by atoms with Crippen LogP contribution in [0.2, 0.25) is 0 Å². The number of alkyl halides is 2. The van der Waals surface area contributed by atoms with Crippen molar-refractivity contribution in [3.8, 4) is 5.75 Å². The number of ether oxygens (including phenoxy) is 1. The molecule has 1 fully saturated rings. The van der Waals surface area contributed by atoms with Crippen molar-refractivity contribution in [2.24, 2.45) is 0 Å². The maximum absolute atomic E-state index is 12.1. The zero-order valence-corrected chi connectivity index (χ0v) is 10.1. The van der Waals surface area contributed by atoms with Crippen molar-refractivity contribution in [1.82, 2.24) is 4.90 Å². The minimum atomic E-state index is -2.89. The molecule has 1 saturated heterocycles. The van der Waals surface area contributed by atoms with Gasteiger partial charge in [-0.2, -0.15) is 8.78 Å². The molecule has 0 atom stereocenters. The fraction of sp³-hybridized carbons (Fsp3) is 0.385. The Bertz CT molecular complexity index is 473. The highest BCUT2D eigenvalue weighted by Gasteiger charge is 2.22. The summed E-state index contributed by atoms with van der Waals surface area (Å²) in [6.07, 6.45) is 1.17. The number of rotatable bonds is 3. The van der Waals surface area contributed by atoms with Gasteiger partial charge in [-0.05, 0) is 30.7 Å². The summed E-state index contributed by atoms with van der Waals surface area (Å²) in [6, 6.07) is 5.45. The second-order valence-electron chi connectivity index (χ2n) is 4.27. The smallest absolute Gasteiger partial charge is 0.387 e. The van der Waals surface area contributed by atoms with Crippen LogP contribution >= 0.6 is 0 Å². The Balaban J connectivity index is 2.04. The van der Waals surface area contributed by atoms with Crippen LogP contribution in [0.1, 0.15) is 23.2 Å². The van der Waals surface area contributed by atoms with Gasteiger partial charge in [0.15, 0.2) is 5.78 Å². The third-order valence-corrected chi connectivity index (χ3v) is 2.86. The highest BCUT2D eigenvalue weighted by molar-refractivity contribution is 5.97. The Morgan fingerprint density at radius 3 is 2.53 bits per heavy atom. The summed E-state index contributed by atoms with van der Waals surface area (Å²) in [6.45, 7) is -2.23. The number of hydrogen-bond donors (Lipinski definition) is 0. The second-order valence-corrected chi connectivity index (χ2v) is 4.27. The van der Waals surface area contributed by atoms with Gasteiger partial charge in [0.05, 0.1) is 6.54 Å². The van der Waals surface area contributed by atoms with Crippen molar-refractivity contribution >= 4 is 11.7 Å². The normalized spacial score (nSPS) is 15.7. The summed E-state index contributed by atoms with van der Waals surface area (Å²) in [5.74, 6) is -0.227. The Kier molecular flexibility index (Phi) is 4.09. The van der Waals surface area contributed by atoms with E-state index in [1.807, 2.05) is 0 Å². The van der Waals surface area contributed by atoms with Crippen molar-refractivity contribution in [2.75, 3.05) is 13.1 Å². The van der Waals surface area contributed by atoms with Gasteiger partial charge in [-0.25, -0.2) is 0 Å². The van der Waals surface area contributed by atoms with Crippen LogP contribution in [-0.4, -0.2) is 36.3 Å². The van der Waals surface area contributed by atoms with Crippen molar-refractivity contribution in [2.45, 2.75) is 19.5 Å². The molecule has 0 unspecified atom stereocenters. The molecule has 6 heteroatoms. The maximum atomic E-state index is 12.1. The number of likely N-dealkylation sites (tertiary alicyclic amines) is 1. The van der Waals surface area contributed by atoms with Gasteiger partial charge >= 0.3 is 6.61 Å². The van der Waals surface area contributed by atoms with Gasteiger partial charge in [-0.1, -0.05) is 0 Å². The molecule has 0 saturated carbocycles. The van der Waals surface area contributed by atoms with E-state index in [1.165, 1.54) is 29.2 Å². The summed E-state index contributed by atoms with van der Waals surface area (Å²) in [4.78, 5) is 24.8. The topological polar surface area (TPSA) is 46.6 Å². The van der Waals surface area contributed by atoms with E-state index in [2.05, 4.69) is 4.74 Å². The molecule has 1 aromatic rings. The van der Waals surface area contributed by atoms with E-state index < -0.39 is 6.61 Å². The molecule has 1 aromatic carbocycles. The van der Waals surface area contributed by atoms with Gasteiger partial charge in [0.25, 0.3) is 5.91 Å². The number of ketones is 1. The number of benzene rings is 1. The van der Waals surface area contributed by atoms with Crippen LogP contribution in [0.5, 0.6) is 5.75 Å². The van der Waals surface area contributed by atoms with Gasteiger partial charge in [0.2, 0.25) is 0 Å². The lowest BCUT2D eigenvalue weighted by atomic mass is 10.1. The Morgan fingerprint density at radius 1 is 1.26 bits per heavy atom. The first kappa shape index (κ1) is 13.5. The summed E-state index contributed by atoms with van der Waals surface area (Å²) < 4.78 is 28.2. The molecule has 0 bridgehead atoms. The number of carbonyl (C=O) groups excluding carboxylic acids is 2. The standard InChI is InChI=1S/C13H13F2NO3/c14-13(15)19-11-5-3-9(4-6-11)12(18)16-7-1-2-10(17)8-16/h3-6,13H,1-2,7-8H2. The Hall–Kier alpha value is -1.98. The summed E-state index contributed by atoms with van der Waals surface area (Å²) in [5, 5.41) is 0. The first-order valence-electron chi connectivity index (χ1n) is 5.92. The Labute approximate surface area is 109 Å². The lowest BCUT2D eigenvalue weighted by Crippen LogP contribution is -2.40. The molecule has 4 nitrogen and oxygen atoms in total. The number of amides is 1. The fourth-order valence-corrected chi connectivity index (χ4v) is 1.97. The van der Waals surface area contributed by atoms with E-state index in [1.54, 1.807) is 0 Å². The average Bonchev–Trinajstić information content (AvgIpc) is 2.38. The molecule has 1 amide bonds. The number of halogens is 2. The quantitative estimate of drug-likeness (QED) is 0.844. The largest absolute Gasteiger partial charge is 0.435 e. The van der Waals surface area contributed by atoms with Crippen molar-refractivity contribution in [3.05, 3.63) is 29.8 Å². The first-order valence-corrected chi connectivity index (χ1v) is 5.92. The third kappa shape index (κ3) is 3.49. The molecule has 2 rings (SSSR count). The minimum absolute atomic E-state index is 0.00118. The predicted molar refractivity (Wildman–Crippen MR) is 63.2 cm³/mol. The van der Waals surface area contributed by atoms with Crippen LogP contribution in [0, 0.1) is 0 Å². The third-order valence-electron chi connectivity index (χ3n) is 2.86. The van der Waals surface area contributed by atoms with E-state index in [0.29, 0.717) is 24.9 Å². The number of carbonyl (C=O) groups is 2. The van der Waals surface area contributed by atoms with E-state index in [4.69, 9.17) is 0 Å². The van der Waals surface area contributed by atoms with Crippen molar-refractivity contribution in [3.63, 3.8) is 0 Å². The zero-order valence-electron chi connectivity index (χ0n) is 10.1. The molecule has 1 aliphatic heterocycles. The number of Topliss-reactive ketones (excluding diaryl/α,β-unsaturated/α-hetero) is 1. The van der Waals surface area contributed by atoms with Crippen LogP contribution in [0.3, 0.4) is 0 Å². The predicted octanol–water partition coefficient (Wildman–Crippen LogP) is 2.09. The van der Waals surface area contributed by atoms with Gasteiger partial charge in [0.1, 0.15) is 5.75 Å². The van der Waals surface area contributed by atoms with Gasteiger partial charge in [0, 0.05) is 18.5 Å². The molecule has 0 spiro atoms. The first-order chi connectivity index (χ1) is 9.06. The highest BCUT2D eigenvalue weighted by atomic mass is 19.3. The Morgan fingerprint density at radius 2 is 1.95 bits per heavy atom. The molecule has 19 heavy (non-hydrogen) atoms. The molecule has 1 aliphatic rings. The van der Waals surface area contributed by atoms with E-state index in [-0.39, 0.29) is 24.0 Å². The molecular weight excluding hydrogens is 256 g/mol. The minimum Gasteiger partial charge on any atom is -0.435 e.